The quantitative estimate of drug-likeness (QED) is 0.702. The highest BCUT2D eigenvalue weighted by Crippen LogP contribution is 2.31. The summed E-state index contributed by atoms with van der Waals surface area (Å²) in [7, 11) is 1.63. The molecule has 0 amide bonds. The number of methoxy groups -OCH3 is 1. The van der Waals surface area contributed by atoms with E-state index in [0.29, 0.717) is 16.6 Å². The molecule has 0 atom stereocenters. The van der Waals surface area contributed by atoms with Gasteiger partial charge < -0.3 is 14.5 Å². The fraction of sp³-hybridized carbons (Fsp3) is 0.125. The first-order valence-electron chi connectivity index (χ1n) is 6.42. The Labute approximate surface area is 132 Å². The Morgan fingerprint density at radius 1 is 1.14 bits per heavy atom. The van der Waals surface area contributed by atoms with E-state index in [0.717, 1.165) is 28.2 Å². The minimum absolute atomic E-state index is 0.507. The molecule has 1 N–H and O–H groups in total. The first-order valence-corrected chi connectivity index (χ1v) is 7.18. The third kappa shape index (κ3) is 2.80. The molecule has 5 heteroatoms. The third-order valence-corrected chi connectivity index (χ3v) is 4.00. The number of nitrogens with one attached hydrogen (secondary N) is 1. The van der Waals surface area contributed by atoms with Gasteiger partial charge in [0.25, 0.3) is 0 Å². The maximum Gasteiger partial charge on any atom is 0.176 e. The fourth-order valence-corrected chi connectivity index (χ4v) is 2.53. The van der Waals surface area contributed by atoms with Gasteiger partial charge in [0, 0.05) is 5.39 Å². The van der Waals surface area contributed by atoms with Crippen LogP contribution in [0.3, 0.4) is 0 Å². The van der Waals surface area contributed by atoms with Gasteiger partial charge in [0.2, 0.25) is 0 Å². The lowest BCUT2D eigenvalue weighted by atomic mass is 10.2. The molecule has 21 heavy (non-hydrogen) atoms. The van der Waals surface area contributed by atoms with Crippen LogP contribution in [0.1, 0.15) is 5.76 Å². The summed E-state index contributed by atoms with van der Waals surface area (Å²) in [5.74, 6) is 1.52. The van der Waals surface area contributed by atoms with E-state index in [1.54, 1.807) is 13.2 Å². The van der Waals surface area contributed by atoms with E-state index in [4.69, 9.17) is 32.4 Å². The molecule has 0 unspecified atom stereocenters. The number of para-hydroxylation sites is 1. The monoisotopic (exact) mass is 321 g/mol. The van der Waals surface area contributed by atoms with Crippen molar-refractivity contribution in [2.45, 2.75) is 6.54 Å². The van der Waals surface area contributed by atoms with Crippen LogP contribution in [0.4, 0.5) is 5.69 Å². The largest absolute Gasteiger partial charge is 0.493 e. The SMILES string of the molecule is COc1cccc2cc(CNc3cccc(Cl)c3Cl)oc12. The summed E-state index contributed by atoms with van der Waals surface area (Å²) in [5, 5.41) is 5.25. The average Bonchev–Trinajstić information content (AvgIpc) is 2.91. The smallest absolute Gasteiger partial charge is 0.176 e. The number of halogens is 2. The van der Waals surface area contributed by atoms with Gasteiger partial charge in [-0.15, -0.1) is 0 Å². The van der Waals surface area contributed by atoms with E-state index >= 15 is 0 Å². The van der Waals surface area contributed by atoms with Crippen LogP contribution in [0.5, 0.6) is 5.75 Å². The highest BCUT2D eigenvalue weighted by molar-refractivity contribution is 6.43. The Bertz CT molecular complexity index is 783. The summed E-state index contributed by atoms with van der Waals surface area (Å²) >= 11 is 12.1. The fourth-order valence-electron chi connectivity index (χ4n) is 2.16. The summed E-state index contributed by atoms with van der Waals surface area (Å²) in [6, 6.07) is 13.2. The lowest BCUT2D eigenvalue weighted by molar-refractivity contribution is 0.408. The predicted octanol–water partition coefficient (Wildman–Crippen LogP) is 5.36. The zero-order chi connectivity index (χ0) is 14.8. The van der Waals surface area contributed by atoms with Crippen molar-refractivity contribution in [1.29, 1.82) is 0 Å². The number of fused-ring (bicyclic) bond motifs is 1. The molecule has 1 aromatic heterocycles. The molecule has 0 aliphatic rings. The Hall–Kier alpha value is -1.84. The van der Waals surface area contributed by atoms with Gasteiger partial charge in [-0.25, -0.2) is 0 Å². The number of ether oxygens (including phenoxy) is 1. The Balaban J connectivity index is 1.84. The first kappa shape index (κ1) is 14.1. The van der Waals surface area contributed by atoms with Crippen molar-refractivity contribution < 1.29 is 9.15 Å². The van der Waals surface area contributed by atoms with Crippen molar-refractivity contribution in [3.8, 4) is 5.75 Å². The molecule has 0 radical (unpaired) electrons. The second kappa shape index (κ2) is 5.88. The molecular weight excluding hydrogens is 309 g/mol. The van der Waals surface area contributed by atoms with Crippen molar-refractivity contribution in [3.63, 3.8) is 0 Å². The van der Waals surface area contributed by atoms with Gasteiger partial charge in [0.15, 0.2) is 11.3 Å². The van der Waals surface area contributed by atoms with E-state index < -0.39 is 0 Å². The van der Waals surface area contributed by atoms with E-state index in [-0.39, 0.29) is 0 Å². The first-order chi connectivity index (χ1) is 10.2. The van der Waals surface area contributed by atoms with E-state index in [2.05, 4.69) is 5.32 Å². The van der Waals surface area contributed by atoms with Gasteiger partial charge in [-0.2, -0.15) is 0 Å². The number of hydrogen-bond acceptors (Lipinski definition) is 3. The van der Waals surface area contributed by atoms with Crippen LogP contribution in [0, 0.1) is 0 Å². The van der Waals surface area contributed by atoms with Crippen LogP contribution in [-0.4, -0.2) is 7.11 Å². The van der Waals surface area contributed by atoms with Crippen LogP contribution in [-0.2, 0) is 6.54 Å². The maximum atomic E-state index is 6.14. The van der Waals surface area contributed by atoms with E-state index in [9.17, 15) is 0 Å². The summed E-state index contributed by atoms with van der Waals surface area (Å²) in [6.07, 6.45) is 0. The number of hydrogen-bond donors (Lipinski definition) is 1. The van der Waals surface area contributed by atoms with Crippen LogP contribution >= 0.6 is 23.2 Å². The zero-order valence-electron chi connectivity index (χ0n) is 11.3. The molecule has 0 saturated carbocycles. The molecule has 0 bridgehead atoms. The van der Waals surface area contributed by atoms with Crippen LogP contribution in [0.2, 0.25) is 10.0 Å². The van der Waals surface area contributed by atoms with Crippen LogP contribution < -0.4 is 10.1 Å². The molecule has 0 aliphatic heterocycles. The summed E-state index contributed by atoms with van der Waals surface area (Å²) in [4.78, 5) is 0. The molecule has 108 valence electrons. The van der Waals surface area contributed by atoms with Crippen molar-refractivity contribution in [1.82, 2.24) is 0 Å². The third-order valence-electron chi connectivity index (χ3n) is 3.18. The molecular formula is C16H13Cl2NO2. The number of benzene rings is 2. The molecule has 2 aromatic carbocycles. The summed E-state index contributed by atoms with van der Waals surface area (Å²) in [5.41, 5.74) is 1.52. The molecule has 3 nitrogen and oxygen atoms in total. The second-order valence-corrected chi connectivity index (χ2v) is 5.33. The molecule has 3 aromatic rings. The number of rotatable bonds is 4. The Morgan fingerprint density at radius 3 is 2.76 bits per heavy atom. The average molecular weight is 322 g/mol. The molecule has 1 heterocycles. The Morgan fingerprint density at radius 2 is 1.95 bits per heavy atom. The predicted molar refractivity (Wildman–Crippen MR) is 86.6 cm³/mol. The van der Waals surface area contributed by atoms with Gasteiger partial charge in [-0.3, -0.25) is 0 Å². The van der Waals surface area contributed by atoms with Crippen molar-refractivity contribution in [2.24, 2.45) is 0 Å². The van der Waals surface area contributed by atoms with Crippen LogP contribution in [0.15, 0.2) is 46.9 Å². The number of anilines is 1. The van der Waals surface area contributed by atoms with E-state index in [1.807, 2.05) is 36.4 Å². The second-order valence-electron chi connectivity index (χ2n) is 4.55. The summed E-state index contributed by atoms with van der Waals surface area (Å²) < 4.78 is 11.1. The molecule has 0 aliphatic carbocycles. The van der Waals surface area contributed by atoms with Gasteiger partial charge in [0.1, 0.15) is 5.76 Å². The molecule has 0 saturated heterocycles. The lowest BCUT2D eigenvalue weighted by Gasteiger charge is -2.07. The van der Waals surface area contributed by atoms with Crippen molar-refractivity contribution in [2.75, 3.05) is 12.4 Å². The highest BCUT2D eigenvalue weighted by Gasteiger charge is 2.09. The maximum absolute atomic E-state index is 6.14. The van der Waals surface area contributed by atoms with Crippen molar-refractivity contribution >= 4 is 39.9 Å². The van der Waals surface area contributed by atoms with Gasteiger partial charge in [-0.05, 0) is 24.3 Å². The minimum Gasteiger partial charge on any atom is -0.493 e. The van der Waals surface area contributed by atoms with Gasteiger partial charge in [-0.1, -0.05) is 41.4 Å². The zero-order valence-corrected chi connectivity index (χ0v) is 12.8. The normalized spacial score (nSPS) is 10.8. The van der Waals surface area contributed by atoms with Crippen LogP contribution in [0.25, 0.3) is 11.0 Å². The Kier molecular flexibility index (Phi) is 3.95. The van der Waals surface area contributed by atoms with Crippen molar-refractivity contribution in [3.05, 3.63) is 58.3 Å². The standard InChI is InChI=1S/C16H13Cl2NO2/c1-20-14-7-2-4-10-8-11(21-16(10)14)9-19-13-6-3-5-12(17)15(13)18/h2-8,19H,9H2,1H3. The molecule has 0 fully saturated rings. The minimum atomic E-state index is 0.507. The summed E-state index contributed by atoms with van der Waals surface area (Å²) in [6.45, 7) is 0.512. The topological polar surface area (TPSA) is 34.4 Å². The van der Waals surface area contributed by atoms with Gasteiger partial charge >= 0.3 is 0 Å². The lowest BCUT2D eigenvalue weighted by Crippen LogP contribution is -1.98. The molecule has 0 spiro atoms. The number of furan rings is 1. The molecule has 3 rings (SSSR count). The van der Waals surface area contributed by atoms with Gasteiger partial charge in [0.05, 0.1) is 29.4 Å². The highest BCUT2D eigenvalue weighted by atomic mass is 35.5. The van der Waals surface area contributed by atoms with E-state index in [1.165, 1.54) is 0 Å².